The number of hydrogen-bond acceptors (Lipinski definition) is 3. The van der Waals surface area contributed by atoms with Gasteiger partial charge in [-0.1, -0.05) is 6.92 Å². The predicted octanol–water partition coefficient (Wildman–Crippen LogP) is 0.777. The molecule has 0 aromatic carbocycles. The molecule has 1 aromatic rings. The Morgan fingerprint density at radius 3 is 3.00 bits per heavy atom. The predicted molar refractivity (Wildman–Crippen MR) is 67.6 cm³/mol. The normalized spacial score (nSPS) is 12.4. The molecular formula is C12H22N4O. The van der Waals surface area contributed by atoms with Crippen LogP contribution in [0, 0.1) is 0 Å². The van der Waals surface area contributed by atoms with Crippen LogP contribution in [0.25, 0.3) is 0 Å². The maximum Gasteiger partial charge on any atom is 0.221 e. The van der Waals surface area contributed by atoms with Gasteiger partial charge in [0, 0.05) is 37.9 Å². The number of carbonyl (C=O) groups is 1. The summed E-state index contributed by atoms with van der Waals surface area (Å²) in [7, 11) is 0. The van der Waals surface area contributed by atoms with Crippen LogP contribution in [0.15, 0.2) is 18.7 Å². The van der Waals surface area contributed by atoms with E-state index >= 15 is 0 Å². The first-order valence-corrected chi connectivity index (χ1v) is 6.18. The van der Waals surface area contributed by atoms with Crippen molar-refractivity contribution in [2.45, 2.75) is 39.3 Å². The molecule has 5 heteroatoms. The lowest BCUT2D eigenvalue weighted by Gasteiger charge is -2.12. The Balaban J connectivity index is 2.04. The van der Waals surface area contributed by atoms with Crippen molar-refractivity contribution in [2.75, 3.05) is 13.1 Å². The molecule has 1 amide bonds. The van der Waals surface area contributed by atoms with E-state index in [1.54, 1.807) is 12.5 Å². The second kappa shape index (κ2) is 7.84. The lowest BCUT2D eigenvalue weighted by Crippen LogP contribution is -2.34. The minimum absolute atomic E-state index is 0.115. The molecule has 0 saturated heterocycles. The van der Waals surface area contributed by atoms with Crippen LogP contribution in [0.4, 0.5) is 0 Å². The summed E-state index contributed by atoms with van der Waals surface area (Å²) in [6.45, 7) is 6.57. The van der Waals surface area contributed by atoms with E-state index < -0.39 is 0 Å². The van der Waals surface area contributed by atoms with Crippen molar-refractivity contribution in [2.24, 2.45) is 0 Å². The molecule has 0 aliphatic rings. The van der Waals surface area contributed by atoms with Crippen molar-refractivity contribution in [1.82, 2.24) is 20.2 Å². The van der Waals surface area contributed by atoms with Crippen molar-refractivity contribution >= 4 is 5.91 Å². The van der Waals surface area contributed by atoms with Crippen LogP contribution in [0.2, 0.25) is 0 Å². The average Bonchev–Trinajstić information content (AvgIpc) is 2.77. The number of aromatic nitrogens is 2. The Kier molecular flexibility index (Phi) is 6.32. The van der Waals surface area contributed by atoms with E-state index in [9.17, 15) is 4.79 Å². The van der Waals surface area contributed by atoms with Crippen LogP contribution >= 0.6 is 0 Å². The molecule has 0 aliphatic heterocycles. The molecule has 17 heavy (non-hydrogen) atoms. The molecule has 0 fully saturated rings. The number of rotatable bonds is 8. The molecule has 1 heterocycles. The monoisotopic (exact) mass is 238 g/mol. The largest absolute Gasteiger partial charge is 0.356 e. The Morgan fingerprint density at radius 2 is 2.35 bits per heavy atom. The fraction of sp³-hybridized carbons (Fsp3) is 0.667. The SMILES string of the molecule is CCNC(C)CC(=O)NCCCn1ccnc1. The quantitative estimate of drug-likeness (QED) is 0.658. The minimum atomic E-state index is 0.115. The van der Waals surface area contributed by atoms with Crippen LogP contribution < -0.4 is 10.6 Å². The third-order valence-corrected chi connectivity index (χ3v) is 2.52. The summed E-state index contributed by atoms with van der Waals surface area (Å²) in [5.74, 6) is 0.115. The van der Waals surface area contributed by atoms with Crippen LogP contribution in [0.5, 0.6) is 0 Å². The fourth-order valence-corrected chi connectivity index (χ4v) is 1.68. The Hall–Kier alpha value is -1.36. The molecule has 0 bridgehead atoms. The minimum Gasteiger partial charge on any atom is -0.356 e. The average molecular weight is 238 g/mol. The van der Waals surface area contributed by atoms with Gasteiger partial charge in [0.25, 0.3) is 0 Å². The second-order valence-electron chi connectivity index (χ2n) is 4.17. The van der Waals surface area contributed by atoms with E-state index in [-0.39, 0.29) is 11.9 Å². The molecule has 1 atom stereocenters. The second-order valence-corrected chi connectivity index (χ2v) is 4.17. The Labute approximate surface area is 103 Å². The summed E-state index contributed by atoms with van der Waals surface area (Å²) in [6, 6.07) is 0.244. The van der Waals surface area contributed by atoms with Gasteiger partial charge in [-0.3, -0.25) is 4.79 Å². The molecule has 0 radical (unpaired) electrons. The molecule has 1 rings (SSSR count). The lowest BCUT2D eigenvalue weighted by atomic mass is 10.2. The zero-order valence-electron chi connectivity index (χ0n) is 10.6. The van der Waals surface area contributed by atoms with Crippen molar-refractivity contribution in [3.05, 3.63) is 18.7 Å². The van der Waals surface area contributed by atoms with Gasteiger partial charge in [0.05, 0.1) is 6.33 Å². The molecule has 1 aromatic heterocycles. The summed E-state index contributed by atoms with van der Waals surface area (Å²) < 4.78 is 2.01. The van der Waals surface area contributed by atoms with E-state index in [1.165, 1.54) is 0 Å². The van der Waals surface area contributed by atoms with E-state index in [0.717, 1.165) is 26.1 Å². The third-order valence-electron chi connectivity index (χ3n) is 2.52. The third kappa shape index (κ3) is 6.06. The van der Waals surface area contributed by atoms with Gasteiger partial charge in [-0.05, 0) is 19.9 Å². The number of amides is 1. The van der Waals surface area contributed by atoms with Gasteiger partial charge < -0.3 is 15.2 Å². The van der Waals surface area contributed by atoms with Crippen LogP contribution in [0.3, 0.4) is 0 Å². The zero-order valence-corrected chi connectivity index (χ0v) is 10.6. The fourth-order valence-electron chi connectivity index (χ4n) is 1.68. The summed E-state index contributed by atoms with van der Waals surface area (Å²) >= 11 is 0. The summed E-state index contributed by atoms with van der Waals surface area (Å²) in [5.41, 5.74) is 0. The number of aryl methyl sites for hydroxylation is 1. The number of nitrogens with zero attached hydrogens (tertiary/aromatic N) is 2. The maximum absolute atomic E-state index is 11.5. The van der Waals surface area contributed by atoms with Crippen molar-refractivity contribution in [3.63, 3.8) is 0 Å². The smallest absolute Gasteiger partial charge is 0.221 e. The molecule has 0 saturated carbocycles. The van der Waals surface area contributed by atoms with Crippen molar-refractivity contribution in [1.29, 1.82) is 0 Å². The van der Waals surface area contributed by atoms with E-state index in [2.05, 4.69) is 15.6 Å². The zero-order chi connectivity index (χ0) is 12.5. The molecule has 0 aliphatic carbocycles. The number of nitrogens with one attached hydrogen (secondary N) is 2. The number of imidazole rings is 1. The Morgan fingerprint density at radius 1 is 1.53 bits per heavy atom. The molecule has 0 spiro atoms. The highest BCUT2D eigenvalue weighted by molar-refractivity contribution is 5.76. The topological polar surface area (TPSA) is 59.0 Å². The lowest BCUT2D eigenvalue weighted by molar-refractivity contribution is -0.121. The summed E-state index contributed by atoms with van der Waals surface area (Å²) in [5, 5.41) is 6.14. The molecule has 1 unspecified atom stereocenters. The van der Waals surface area contributed by atoms with Gasteiger partial charge in [0.15, 0.2) is 0 Å². The van der Waals surface area contributed by atoms with Crippen LogP contribution in [-0.2, 0) is 11.3 Å². The highest BCUT2D eigenvalue weighted by atomic mass is 16.1. The maximum atomic E-state index is 11.5. The van der Waals surface area contributed by atoms with Gasteiger partial charge in [-0.25, -0.2) is 4.98 Å². The number of carbonyl (C=O) groups excluding carboxylic acids is 1. The Bertz CT molecular complexity index is 310. The van der Waals surface area contributed by atoms with E-state index in [1.807, 2.05) is 24.6 Å². The van der Waals surface area contributed by atoms with E-state index in [0.29, 0.717) is 6.42 Å². The molecule has 5 nitrogen and oxygen atoms in total. The van der Waals surface area contributed by atoms with Crippen molar-refractivity contribution < 1.29 is 4.79 Å². The number of hydrogen-bond donors (Lipinski definition) is 2. The molecule has 96 valence electrons. The van der Waals surface area contributed by atoms with Gasteiger partial charge in [-0.2, -0.15) is 0 Å². The van der Waals surface area contributed by atoms with Crippen LogP contribution in [0.1, 0.15) is 26.7 Å². The van der Waals surface area contributed by atoms with Crippen molar-refractivity contribution in [3.8, 4) is 0 Å². The first-order valence-electron chi connectivity index (χ1n) is 6.18. The standard InChI is InChI=1S/C12H22N4O/c1-3-14-11(2)9-12(17)15-5-4-7-16-8-6-13-10-16/h6,8,10-11,14H,3-5,7,9H2,1-2H3,(H,15,17). The van der Waals surface area contributed by atoms with Gasteiger partial charge in [0.1, 0.15) is 0 Å². The van der Waals surface area contributed by atoms with E-state index in [4.69, 9.17) is 0 Å². The first kappa shape index (κ1) is 13.7. The highest BCUT2D eigenvalue weighted by Gasteiger charge is 2.06. The van der Waals surface area contributed by atoms with Gasteiger partial charge >= 0.3 is 0 Å². The molecule has 2 N–H and O–H groups in total. The van der Waals surface area contributed by atoms with Gasteiger partial charge in [-0.15, -0.1) is 0 Å². The highest BCUT2D eigenvalue weighted by Crippen LogP contribution is 1.92. The summed E-state index contributed by atoms with van der Waals surface area (Å²) in [4.78, 5) is 15.5. The first-order chi connectivity index (χ1) is 8.22. The molecular weight excluding hydrogens is 216 g/mol. The van der Waals surface area contributed by atoms with Crippen LogP contribution in [-0.4, -0.2) is 34.6 Å². The summed E-state index contributed by atoms with van der Waals surface area (Å²) in [6.07, 6.45) is 6.94. The van der Waals surface area contributed by atoms with Gasteiger partial charge in [0.2, 0.25) is 5.91 Å².